The number of hydrogen-bond acceptors (Lipinski definition) is 4. The molecule has 1 amide bonds. The number of likely N-dealkylation sites (tertiary alicyclic amines) is 2. The van der Waals surface area contributed by atoms with Gasteiger partial charge in [0.1, 0.15) is 18.0 Å². The minimum atomic E-state index is -0.486. The second kappa shape index (κ2) is 8.73. The molecule has 0 aromatic heterocycles. The van der Waals surface area contributed by atoms with Crippen LogP contribution < -0.4 is 4.74 Å². The number of benzene rings is 1. The molecular formula is C23H36N2O3. The second-order valence-electron chi connectivity index (χ2n) is 9.49. The third-order valence-corrected chi connectivity index (χ3v) is 5.80. The van der Waals surface area contributed by atoms with Crippen LogP contribution in [0.3, 0.4) is 0 Å². The zero-order chi connectivity index (χ0) is 20.3. The van der Waals surface area contributed by atoms with Gasteiger partial charge in [-0.1, -0.05) is 19.1 Å². The van der Waals surface area contributed by atoms with Crippen molar-refractivity contribution >= 4 is 6.09 Å². The summed E-state index contributed by atoms with van der Waals surface area (Å²) >= 11 is 0. The van der Waals surface area contributed by atoms with Crippen molar-refractivity contribution in [2.24, 2.45) is 5.92 Å². The number of nitrogens with zero attached hydrogens (tertiary/aromatic N) is 2. The third kappa shape index (κ3) is 5.40. The number of piperidine rings is 1. The zero-order valence-corrected chi connectivity index (χ0v) is 18.1. The maximum atomic E-state index is 12.8. The van der Waals surface area contributed by atoms with Crippen molar-refractivity contribution in [3.8, 4) is 5.75 Å². The number of carbonyl (C=O) groups excluding carboxylic acids is 1. The molecule has 156 valence electrons. The van der Waals surface area contributed by atoms with E-state index in [9.17, 15) is 4.79 Å². The fraction of sp³-hybridized carbons (Fsp3) is 0.696. The van der Waals surface area contributed by atoms with E-state index in [-0.39, 0.29) is 12.1 Å². The number of likely N-dealkylation sites (N-methyl/N-ethyl adjacent to an activating group) is 1. The van der Waals surface area contributed by atoms with Crippen LogP contribution in [0.25, 0.3) is 0 Å². The number of amides is 1. The monoisotopic (exact) mass is 388 g/mol. The van der Waals surface area contributed by atoms with Crippen molar-refractivity contribution in [3.63, 3.8) is 0 Å². The standard InChI is InChI=1S/C23H36N2O3/c1-17-11-12-21(25(15-17)22(26)28-23(2,3)4)18-8-6-10-20(14-18)27-16-19-9-7-13-24(19)5/h6,8,10,14,17,19,21H,7,9,11-13,15-16H2,1-5H3/t17?,19-,21?/m0/s1. The lowest BCUT2D eigenvalue weighted by Crippen LogP contribution is -2.44. The molecule has 5 nitrogen and oxygen atoms in total. The molecule has 2 unspecified atom stereocenters. The van der Waals surface area contributed by atoms with E-state index in [0.29, 0.717) is 12.0 Å². The summed E-state index contributed by atoms with van der Waals surface area (Å²) in [7, 11) is 2.17. The van der Waals surface area contributed by atoms with Gasteiger partial charge >= 0.3 is 6.09 Å². The average molecular weight is 389 g/mol. The molecule has 0 saturated carbocycles. The summed E-state index contributed by atoms with van der Waals surface area (Å²) in [6.45, 7) is 10.6. The zero-order valence-electron chi connectivity index (χ0n) is 18.1. The summed E-state index contributed by atoms with van der Waals surface area (Å²) in [5.41, 5.74) is 0.649. The predicted molar refractivity (Wildman–Crippen MR) is 112 cm³/mol. The molecule has 3 atom stereocenters. The fourth-order valence-corrected chi connectivity index (χ4v) is 4.22. The molecule has 1 aromatic rings. The van der Waals surface area contributed by atoms with Crippen LogP contribution in [0.2, 0.25) is 0 Å². The highest BCUT2D eigenvalue weighted by atomic mass is 16.6. The molecule has 2 fully saturated rings. The van der Waals surface area contributed by atoms with Crippen molar-refractivity contribution in [2.45, 2.75) is 71.1 Å². The smallest absolute Gasteiger partial charge is 0.410 e. The van der Waals surface area contributed by atoms with Gasteiger partial charge in [0.15, 0.2) is 0 Å². The van der Waals surface area contributed by atoms with Crippen LogP contribution in [0.5, 0.6) is 5.75 Å². The lowest BCUT2D eigenvalue weighted by Gasteiger charge is -2.39. The van der Waals surface area contributed by atoms with Crippen molar-refractivity contribution < 1.29 is 14.3 Å². The molecule has 2 heterocycles. The second-order valence-corrected chi connectivity index (χ2v) is 9.49. The van der Waals surface area contributed by atoms with Gasteiger partial charge in [-0.2, -0.15) is 0 Å². The van der Waals surface area contributed by atoms with Gasteiger partial charge in [-0.05, 0) is 83.7 Å². The molecule has 0 N–H and O–H groups in total. The van der Waals surface area contributed by atoms with E-state index < -0.39 is 5.60 Å². The third-order valence-electron chi connectivity index (χ3n) is 5.80. The van der Waals surface area contributed by atoms with E-state index in [1.165, 1.54) is 12.8 Å². The highest BCUT2D eigenvalue weighted by Crippen LogP contribution is 2.35. The van der Waals surface area contributed by atoms with Crippen LogP contribution in [0.4, 0.5) is 4.79 Å². The number of rotatable bonds is 4. The largest absolute Gasteiger partial charge is 0.492 e. The average Bonchev–Trinajstić information content (AvgIpc) is 3.03. The normalized spacial score (nSPS) is 26.3. The Hall–Kier alpha value is -1.75. The molecule has 5 heteroatoms. The van der Waals surface area contributed by atoms with Crippen LogP contribution >= 0.6 is 0 Å². The molecule has 2 aliphatic rings. The Kier molecular flexibility index (Phi) is 6.54. The van der Waals surface area contributed by atoms with Crippen LogP contribution in [0.15, 0.2) is 24.3 Å². The number of hydrogen-bond donors (Lipinski definition) is 0. The van der Waals surface area contributed by atoms with E-state index in [2.05, 4.69) is 31.0 Å². The fourth-order valence-electron chi connectivity index (χ4n) is 4.22. The molecular weight excluding hydrogens is 352 g/mol. The molecule has 2 saturated heterocycles. The lowest BCUT2D eigenvalue weighted by molar-refractivity contribution is 0.00359. The van der Waals surface area contributed by atoms with Gasteiger partial charge in [0.05, 0.1) is 6.04 Å². The Morgan fingerprint density at radius 3 is 2.68 bits per heavy atom. The molecule has 28 heavy (non-hydrogen) atoms. The number of ether oxygens (including phenoxy) is 2. The predicted octanol–water partition coefficient (Wildman–Crippen LogP) is 4.87. The van der Waals surface area contributed by atoms with Crippen molar-refractivity contribution in [3.05, 3.63) is 29.8 Å². The molecule has 0 bridgehead atoms. The highest BCUT2D eigenvalue weighted by Gasteiger charge is 2.34. The molecule has 1 aromatic carbocycles. The Balaban J connectivity index is 1.71. The first-order valence-corrected chi connectivity index (χ1v) is 10.7. The maximum absolute atomic E-state index is 12.8. The summed E-state index contributed by atoms with van der Waals surface area (Å²) in [6.07, 6.45) is 4.29. The first-order chi connectivity index (χ1) is 13.2. The minimum Gasteiger partial charge on any atom is -0.492 e. The Morgan fingerprint density at radius 1 is 1.21 bits per heavy atom. The Labute approximate surface area is 170 Å². The van der Waals surface area contributed by atoms with E-state index in [0.717, 1.165) is 43.9 Å². The summed E-state index contributed by atoms with van der Waals surface area (Å²) in [4.78, 5) is 17.1. The van der Waals surface area contributed by atoms with Gasteiger partial charge < -0.3 is 19.3 Å². The van der Waals surface area contributed by atoms with Gasteiger partial charge in [0.25, 0.3) is 0 Å². The molecule has 0 aliphatic carbocycles. The van der Waals surface area contributed by atoms with Gasteiger partial charge in [0.2, 0.25) is 0 Å². The van der Waals surface area contributed by atoms with E-state index in [1.54, 1.807) is 0 Å². The minimum absolute atomic E-state index is 0.0451. The summed E-state index contributed by atoms with van der Waals surface area (Å²) in [5.74, 6) is 1.38. The van der Waals surface area contributed by atoms with Crippen LogP contribution in [0.1, 0.15) is 65.0 Å². The SMILES string of the molecule is CC1CCC(c2cccc(OC[C@@H]3CCCN3C)c2)N(C(=O)OC(C)(C)C)C1. The Morgan fingerprint density at radius 2 is 2.00 bits per heavy atom. The van der Waals surface area contributed by atoms with Crippen LogP contribution in [0, 0.1) is 5.92 Å². The maximum Gasteiger partial charge on any atom is 0.410 e. The van der Waals surface area contributed by atoms with E-state index >= 15 is 0 Å². The van der Waals surface area contributed by atoms with Gasteiger partial charge in [0, 0.05) is 12.6 Å². The first-order valence-electron chi connectivity index (χ1n) is 10.7. The quantitative estimate of drug-likeness (QED) is 0.738. The van der Waals surface area contributed by atoms with E-state index in [4.69, 9.17) is 9.47 Å². The van der Waals surface area contributed by atoms with Crippen molar-refractivity contribution in [1.29, 1.82) is 0 Å². The Bertz CT molecular complexity index is 670. The van der Waals surface area contributed by atoms with Gasteiger partial charge in [-0.15, -0.1) is 0 Å². The van der Waals surface area contributed by atoms with E-state index in [1.807, 2.05) is 37.8 Å². The topological polar surface area (TPSA) is 42.0 Å². The van der Waals surface area contributed by atoms with Crippen LogP contribution in [-0.2, 0) is 4.74 Å². The highest BCUT2D eigenvalue weighted by molar-refractivity contribution is 5.69. The number of carbonyl (C=O) groups is 1. The summed E-state index contributed by atoms with van der Waals surface area (Å²) in [5, 5.41) is 0. The molecule has 0 radical (unpaired) electrons. The van der Waals surface area contributed by atoms with Gasteiger partial charge in [-0.25, -0.2) is 4.79 Å². The molecule has 0 spiro atoms. The summed E-state index contributed by atoms with van der Waals surface area (Å²) in [6, 6.07) is 8.80. The molecule has 3 rings (SSSR count). The summed E-state index contributed by atoms with van der Waals surface area (Å²) < 4.78 is 11.8. The van der Waals surface area contributed by atoms with Gasteiger partial charge in [-0.3, -0.25) is 0 Å². The van der Waals surface area contributed by atoms with Crippen LogP contribution in [-0.4, -0.2) is 54.3 Å². The molecule has 2 aliphatic heterocycles. The lowest BCUT2D eigenvalue weighted by atomic mass is 9.90. The van der Waals surface area contributed by atoms with Crippen molar-refractivity contribution in [2.75, 3.05) is 26.7 Å². The first kappa shape index (κ1) is 21.0. The van der Waals surface area contributed by atoms with Crippen molar-refractivity contribution in [1.82, 2.24) is 9.80 Å².